The number of carbonyl (C=O) groups is 1. The summed E-state index contributed by atoms with van der Waals surface area (Å²) in [5.41, 5.74) is 2.11. The van der Waals surface area contributed by atoms with Crippen molar-refractivity contribution in [3.8, 4) is 5.75 Å². The van der Waals surface area contributed by atoms with E-state index in [1.165, 1.54) is 18.4 Å². The molecule has 7 heteroatoms. The van der Waals surface area contributed by atoms with Crippen LogP contribution in [0.25, 0.3) is 0 Å². The summed E-state index contributed by atoms with van der Waals surface area (Å²) in [6.07, 6.45) is 11.0. The van der Waals surface area contributed by atoms with Crippen LogP contribution in [0.15, 0.2) is 48.5 Å². The minimum Gasteiger partial charge on any atom is -0.452 e. The van der Waals surface area contributed by atoms with Gasteiger partial charge in [-0.2, -0.15) is 5.10 Å². The highest BCUT2D eigenvalue weighted by molar-refractivity contribution is 6.07. The largest absolute Gasteiger partial charge is 0.452 e. The maximum absolute atomic E-state index is 12.8. The van der Waals surface area contributed by atoms with Crippen LogP contribution >= 0.6 is 0 Å². The van der Waals surface area contributed by atoms with E-state index in [0.29, 0.717) is 37.1 Å². The second-order valence-electron chi connectivity index (χ2n) is 8.06. The second-order valence-corrected chi connectivity index (χ2v) is 8.06. The fraction of sp³-hybridized carbons (Fsp3) is 0.478. The molecular formula is C23H27N3O4. The highest BCUT2D eigenvalue weighted by atomic mass is 16.7. The zero-order chi connectivity index (χ0) is 20.3. The zero-order valence-electron chi connectivity index (χ0n) is 17.0. The topological polar surface area (TPSA) is 65.8 Å². The Balaban J connectivity index is 1.13. The molecule has 2 fully saturated rings. The smallest absolute Gasteiger partial charge is 0.294 e. The number of nitrogens with zero attached hydrogens (tertiary/aromatic N) is 3. The minimum atomic E-state index is -0.146. The van der Waals surface area contributed by atoms with Gasteiger partial charge in [0.1, 0.15) is 5.75 Å². The maximum atomic E-state index is 12.8. The molecular weight excluding hydrogens is 382 g/mol. The predicted molar refractivity (Wildman–Crippen MR) is 111 cm³/mol. The third-order valence-electron chi connectivity index (χ3n) is 5.77. The Morgan fingerprint density at radius 1 is 1.13 bits per heavy atom. The molecule has 3 aliphatic rings. The lowest BCUT2D eigenvalue weighted by Crippen LogP contribution is -2.27. The molecule has 158 valence electrons. The monoisotopic (exact) mass is 409 g/mol. The first kappa shape index (κ1) is 19.3. The lowest BCUT2D eigenvalue weighted by molar-refractivity contribution is -0.163. The Bertz CT molecular complexity index is 911. The minimum absolute atomic E-state index is 0.101. The van der Waals surface area contributed by atoms with E-state index in [-0.39, 0.29) is 12.2 Å². The Kier molecular flexibility index (Phi) is 5.55. The molecule has 1 amide bonds. The fourth-order valence-corrected chi connectivity index (χ4v) is 3.87. The van der Waals surface area contributed by atoms with Gasteiger partial charge in [0.2, 0.25) is 0 Å². The number of ether oxygens (including phenoxy) is 3. The first-order valence-corrected chi connectivity index (χ1v) is 10.8. The van der Waals surface area contributed by atoms with Crippen LogP contribution in [0.2, 0.25) is 0 Å². The summed E-state index contributed by atoms with van der Waals surface area (Å²) >= 11 is 0. The van der Waals surface area contributed by atoms with Gasteiger partial charge in [-0.1, -0.05) is 12.1 Å². The van der Waals surface area contributed by atoms with E-state index in [1.807, 2.05) is 24.4 Å². The van der Waals surface area contributed by atoms with Gasteiger partial charge < -0.3 is 14.2 Å². The molecule has 1 aromatic carbocycles. The van der Waals surface area contributed by atoms with Crippen molar-refractivity contribution in [2.24, 2.45) is 0 Å². The fourth-order valence-electron chi connectivity index (χ4n) is 3.87. The summed E-state index contributed by atoms with van der Waals surface area (Å²) in [5, 5.41) is 4.36. The van der Waals surface area contributed by atoms with Crippen molar-refractivity contribution in [3.63, 3.8) is 0 Å². The van der Waals surface area contributed by atoms with Gasteiger partial charge in [0.15, 0.2) is 12.0 Å². The molecule has 0 radical (unpaired) electrons. The molecule has 1 saturated heterocycles. The summed E-state index contributed by atoms with van der Waals surface area (Å²) in [5.74, 6) is 1.62. The maximum Gasteiger partial charge on any atom is 0.294 e. The van der Waals surface area contributed by atoms with E-state index in [1.54, 1.807) is 15.8 Å². The standard InChI is InChI=1S/C23H27N3O4/c27-23-21(30-20-8-6-18(7-9-20)17-4-5-17)10-11-26(23)19-15-24-25(16-19)12-14-29-22-3-1-2-13-28-22/h6-10,15-17,22H,1-5,11-14H2. The van der Waals surface area contributed by atoms with E-state index in [0.717, 1.165) is 31.6 Å². The number of hydrogen-bond acceptors (Lipinski definition) is 5. The number of benzene rings is 1. The predicted octanol–water partition coefficient (Wildman–Crippen LogP) is 3.61. The average Bonchev–Trinajstić information content (AvgIpc) is 3.43. The Labute approximate surface area is 176 Å². The highest BCUT2D eigenvalue weighted by Crippen LogP contribution is 2.40. The normalized spacial score (nSPS) is 21.7. The molecule has 1 saturated carbocycles. The molecule has 1 aliphatic carbocycles. The summed E-state index contributed by atoms with van der Waals surface area (Å²) in [4.78, 5) is 14.4. The summed E-state index contributed by atoms with van der Waals surface area (Å²) < 4.78 is 19.0. The summed E-state index contributed by atoms with van der Waals surface area (Å²) in [6, 6.07) is 8.07. The number of amides is 1. The van der Waals surface area contributed by atoms with Gasteiger partial charge in [-0.3, -0.25) is 14.4 Å². The first-order chi connectivity index (χ1) is 14.8. The lowest BCUT2D eigenvalue weighted by atomic mass is 10.1. The van der Waals surface area contributed by atoms with Crippen molar-refractivity contribution in [2.75, 3.05) is 24.7 Å². The molecule has 1 aromatic heterocycles. The van der Waals surface area contributed by atoms with Gasteiger partial charge in [-0.15, -0.1) is 0 Å². The Hall–Kier alpha value is -2.64. The number of rotatable bonds is 8. The summed E-state index contributed by atoms with van der Waals surface area (Å²) in [7, 11) is 0. The molecule has 30 heavy (non-hydrogen) atoms. The molecule has 3 heterocycles. The molecule has 2 aromatic rings. The third-order valence-corrected chi connectivity index (χ3v) is 5.77. The van der Waals surface area contributed by atoms with Gasteiger partial charge in [-0.05, 0) is 61.8 Å². The van der Waals surface area contributed by atoms with Crippen LogP contribution in [0.1, 0.15) is 43.6 Å². The van der Waals surface area contributed by atoms with Gasteiger partial charge in [0.05, 0.1) is 25.0 Å². The van der Waals surface area contributed by atoms with Crippen molar-refractivity contribution in [1.82, 2.24) is 9.78 Å². The molecule has 7 nitrogen and oxygen atoms in total. The van der Waals surface area contributed by atoms with Crippen molar-refractivity contribution >= 4 is 11.6 Å². The first-order valence-electron chi connectivity index (χ1n) is 10.8. The van der Waals surface area contributed by atoms with Crippen LogP contribution in [0.4, 0.5) is 5.69 Å². The van der Waals surface area contributed by atoms with E-state index in [2.05, 4.69) is 17.2 Å². The summed E-state index contributed by atoms with van der Waals surface area (Å²) in [6.45, 7) is 2.40. The van der Waals surface area contributed by atoms with E-state index >= 15 is 0 Å². The number of anilines is 1. The molecule has 1 unspecified atom stereocenters. The van der Waals surface area contributed by atoms with E-state index < -0.39 is 0 Å². The van der Waals surface area contributed by atoms with Crippen LogP contribution < -0.4 is 9.64 Å². The molecule has 1 atom stereocenters. The molecule has 0 spiro atoms. The van der Waals surface area contributed by atoms with Crippen molar-refractivity contribution in [2.45, 2.75) is 50.9 Å². The van der Waals surface area contributed by atoms with Crippen molar-refractivity contribution in [1.29, 1.82) is 0 Å². The van der Waals surface area contributed by atoms with Crippen LogP contribution in [0.3, 0.4) is 0 Å². The SMILES string of the molecule is O=C1C(Oc2ccc(C3CC3)cc2)=CCN1c1cnn(CCOC2CCCCO2)c1. The Morgan fingerprint density at radius 3 is 2.77 bits per heavy atom. The number of carbonyl (C=O) groups excluding carboxylic acids is 1. The molecule has 0 N–H and O–H groups in total. The van der Waals surface area contributed by atoms with Gasteiger partial charge in [0.25, 0.3) is 5.91 Å². The molecule has 2 aliphatic heterocycles. The third kappa shape index (κ3) is 4.42. The number of aromatic nitrogens is 2. The quantitative estimate of drug-likeness (QED) is 0.666. The number of hydrogen-bond donors (Lipinski definition) is 0. The second kappa shape index (κ2) is 8.62. The Morgan fingerprint density at radius 2 is 2.00 bits per heavy atom. The van der Waals surface area contributed by atoms with Gasteiger partial charge >= 0.3 is 0 Å². The lowest BCUT2D eigenvalue weighted by Gasteiger charge is -2.22. The van der Waals surface area contributed by atoms with E-state index in [9.17, 15) is 4.79 Å². The van der Waals surface area contributed by atoms with Crippen LogP contribution in [0, 0.1) is 0 Å². The van der Waals surface area contributed by atoms with Crippen LogP contribution in [-0.4, -0.2) is 41.7 Å². The highest BCUT2D eigenvalue weighted by Gasteiger charge is 2.28. The zero-order valence-corrected chi connectivity index (χ0v) is 17.0. The van der Waals surface area contributed by atoms with Gasteiger partial charge in [0, 0.05) is 19.3 Å². The van der Waals surface area contributed by atoms with Crippen molar-refractivity contribution in [3.05, 3.63) is 54.1 Å². The van der Waals surface area contributed by atoms with Gasteiger partial charge in [-0.25, -0.2) is 0 Å². The molecule has 5 rings (SSSR count). The van der Waals surface area contributed by atoms with Crippen molar-refractivity contribution < 1.29 is 19.0 Å². The van der Waals surface area contributed by atoms with E-state index in [4.69, 9.17) is 14.2 Å². The van der Waals surface area contributed by atoms with Crippen LogP contribution in [0.5, 0.6) is 5.75 Å². The average molecular weight is 409 g/mol. The van der Waals surface area contributed by atoms with Crippen LogP contribution in [-0.2, 0) is 20.8 Å². The molecule has 0 bridgehead atoms.